The fourth-order valence-corrected chi connectivity index (χ4v) is 2.83. The van der Waals surface area contributed by atoms with Crippen molar-refractivity contribution >= 4 is 17.2 Å². The van der Waals surface area contributed by atoms with Crippen molar-refractivity contribution in [3.05, 3.63) is 33.8 Å². The highest BCUT2D eigenvalue weighted by Gasteiger charge is 2.19. The summed E-state index contributed by atoms with van der Waals surface area (Å²) in [6, 6.07) is 3.10. The number of ether oxygens (including phenoxy) is 1. The second-order valence-corrected chi connectivity index (χ2v) is 5.89. The first-order valence-corrected chi connectivity index (χ1v) is 7.59. The number of aryl methyl sites for hydroxylation is 2. The first-order chi connectivity index (χ1) is 10.4. The van der Waals surface area contributed by atoms with Gasteiger partial charge in [-0.15, -0.1) is 11.3 Å². The standard InChI is InChI=1S/C14H17F2N3O2S/c1-8-6-10(3)19(18-8)7-9(2)17-13(20)12-11(4-5-22-12)21-14(15)16/h4-6,9,14H,7H2,1-3H3,(H,17,20)/t9-/m0/s1. The fraction of sp³-hybridized carbons (Fsp3) is 0.429. The lowest BCUT2D eigenvalue weighted by molar-refractivity contribution is -0.0498. The van der Waals surface area contributed by atoms with Crippen LogP contribution in [-0.2, 0) is 6.54 Å². The van der Waals surface area contributed by atoms with E-state index in [-0.39, 0.29) is 16.7 Å². The largest absolute Gasteiger partial charge is 0.433 e. The van der Waals surface area contributed by atoms with Crippen LogP contribution in [0.4, 0.5) is 8.78 Å². The minimum atomic E-state index is -2.95. The molecule has 22 heavy (non-hydrogen) atoms. The van der Waals surface area contributed by atoms with Crippen molar-refractivity contribution in [1.29, 1.82) is 0 Å². The molecule has 0 fully saturated rings. The van der Waals surface area contributed by atoms with Gasteiger partial charge in [-0.3, -0.25) is 9.48 Å². The van der Waals surface area contributed by atoms with E-state index in [0.717, 1.165) is 22.7 Å². The molecule has 0 aliphatic heterocycles. The zero-order valence-electron chi connectivity index (χ0n) is 12.5. The summed E-state index contributed by atoms with van der Waals surface area (Å²) in [6.45, 7) is 3.21. The molecule has 0 aromatic carbocycles. The summed E-state index contributed by atoms with van der Waals surface area (Å²) >= 11 is 1.06. The molecule has 2 aromatic rings. The molecular formula is C14H17F2N3O2S. The average Bonchev–Trinajstić information content (AvgIpc) is 2.96. The number of thiophene rings is 1. The molecule has 0 saturated heterocycles. The lowest BCUT2D eigenvalue weighted by atomic mass is 10.3. The van der Waals surface area contributed by atoms with Gasteiger partial charge < -0.3 is 10.1 Å². The maximum Gasteiger partial charge on any atom is 0.387 e. The Morgan fingerprint density at radius 2 is 2.23 bits per heavy atom. The van der Waals surface area contributed by atoms with E-state index < -0.39 is 12.5 Å². The van der Waals surface area contributed by atoms with Gasteiger partial charge >= 0.3 is 6.61 Å². The summed E-state index contributed by atoms with van der Waals surface area (Å²) in [6.07, 6.45) is 0. The van der Waals surface area contributed by atoms with Crippen LogP contribution in [0.3, 0.4) is 0 Å². The van der Waals surface area contributed by atoms with Crippen LogP contribution in [-0.4, -0.2) is 28.3 Å². The molecule has 5 nitrogen and oxygen atoms in total. The number of carbonyl (C=O) groups is 1. The molecular weight excluding hydrogens is 312 g/mol. The fourth-order valence-electron chi connectivity index (χ4n) is 2.11. The van der Waals surface area contributed by atoms with Crippen LogP contribution >= 0.6 is 11.3 Å². The number of carbonyl (C=O) groups excluding carboxylic acids is 1. The highest BCUT2D eigenvalue weighted by atomic mass is 32.1. The van der Waals surface area contributed by atoms with Crippen LogP contribution in [0, 0.1) is 13.8 Å². The second-order valence-electron chi connectivity index (χ2n) is 4.98. The molecule has 0 spiro atoms. The van der Waals surface area contributed by atoms with E-state index in [1.807, 2.05) is 26.8 Å². The molecule has 1 atom stereocenters. The zero-order valence-corrected chi connectivity index (χ0v) is 13.3. The van der Waals surface area contributed by atoms with Crippen LogP contribution in [0.2, 0.25) is 0 Å². The molecule has 0 radical (unpaired) electrons. The van der Waals surface area contributed by atoms with E-state index in [1.54, 1.807) is 4.68 Å². The van der Waals surface area contributed by atoms with Gasteiger partial charge in [0.1, 0.15) is 10.6 Å². The van der Waals surface area contributed by atoms with Crippen molar-refractivity contribution in [2.75, 3.05) is 0 Å². The van der Waals surface area contributed by atoms with E-state index >= 15 is 0 Å². The first kappa shape index (κ1) is 16.4. The third-order valence-electron chi connectivity index (χ3n) is 2.98. The molecule has 1 amide bonds. The average molecular weight is 329 g/mol. The van der Waals surface area contributed by atoms with Crippen LogP contribution in [0.15, 0.2) is 17.5 Å². The molecule has 0 saturated carbocycles. The van der Waals surface area contributed by atoms with Gasteiger partial charge in [0.2, 0.25) is 0 Å². The quantitative estimate of drug-likeness (QED) is 0.886. The van der Waals surface area contributed by atoms with Crippen LogP contribution < -0.4 is 10.1 Å². The lowest BCUT2D eigenvalue weighted by Crippen LogP contribution is -2.36. The Morgan fingerprint density at radius 1 is 1.50 bits per heavy atom. The number of rotatable bonds is 6. The molecule has 2 aromatic heterocycles. The Bertz CT molecular complexity index is 654. The number of aromatic nitrogens is 2. The normalized spacial score (nSPS) is 12.5. The summed E-state index contributed by atoms with van der Waals surface area (Å²) < 4.78 is 30.7. The number of alkyl halides is 2. The summed E-state index contributed by atoms with van der Waals surface area (Å²) in [5.41, 5.74) is 1.90. The first-order valence-electron chi connectivity index (χ1n) is 6.71. The summed E-state index contributed by atoms with van der Waals surface area (Å²) in [4.78, 5) is 12.3. The van der Waals surface area contributed by atoms with Gasteiger partial charge in [-0.1, -0.05) is 0 Å². The van der Waals surface area contributed by atoms with Gasteiger partial charge in [-0.05, 0) is 38.3 Å². The van der Waals surface area contributed by atoms with E-state index in [1.165, 1.54) is 11.4 Å². The molecule has 8 heteroatoms. The minimum Gasteiger partial charge on any atom is -0.433 e. The third kappa shape index (κ3) is 4.03. The summed E-state index contributed by atoms with van der Waals surface area (Å²) in [5.74, 6) is -0.532. The Balaban J connectivity index is 1.99. The Kier molecular flexibility index (Phi) is 5.12. The van der Waals surface area contributed by atoms with Crippen LogP contribution in [0.25, 0.3) is 0 Å². The number of hydrogen-bond acceptors (Lipinski definition) is 4. The van der Waals surface area contributed by atoms with E-state index in [9.17, 15) is 13.6 Å². The zero-order chi connectivity index (χ0) is 16.3. The maximum atomic E-state index is 12.3. The van der Waals surface area contributed by atoms with Crippen molar-refractivity contribution in [2.24, 2.45) is 0 Å². The van der Waals surface area contributed by atoms with Crippen molar-refractivity contribution in [1.82, 2.24) is 15.1 Å². The predicted octanol–water partition coefficient (Wildman–Crippen LogP) is 2.98. The van der Waals surface area contributed by atoms with Gasteiger partial charge in [0, 0.05) is 11.7 Å². The molecule has 0 bridgehead atoms. The van der Waals surface area contributed by atoms with Gasteiger partial charge in [-0.2, -0.15) is 13.9 Å². The molecule has 0 unspecified atom stereocenters. The Labute approximate surface area is 130 Å². The highest BCUT2D eigenvalue weighted by Crippen LogP contribution is 2.26. The van der Waals surface area contributed by atoms with Gasteiger partial charge in [-0.25, -0.2) is 0 Å². The van der Waals surface area contributed by atoms with E-state index in [2.05, 4.69) is 15.2 Å². The maximum absolute atomic E-state index is 12.3. The van der Waals surface area contributed by atoms with E-state index in [4.69, 9.17) is 0 Å². The van der Waals surface area contributed by atoms with Gasteiger partial charge in [0.25, 0.3) is 5.91 Å². The van der Waals surface area contributed by atoms with Crippen molar-refractivity contribution < 1.29 is 18.3 Å². The highest BCUT2D eigenvalue weighted by molar-refractivity contribution is 7.12. The van der Waals surface area contributed by atoms with Gasteiger partial charge in [0.15, 0.2) is 0 Å². The summed E-state index contributed by atoms with van der Waals surface area (Å²) in [7, 11) is 0. The molecule has 0 aliphatic carbocycles. The molecule has 2 heterocycles. The topological polar surface area (TPSA) is 56.2 Å². The molecule has 120 valence electrons. The number of hydrogen-bond donors (Lipinski definition) is 1. The van der Waals surface area contributed by atoms with Gasteiger partial charge in [0.05, 0.1) is 12.2 Å². The van der Waals surface area contributed by atoms with Crippen LogP contribution in [0.5, 0.6) is 5.75 Å². The Hall–Kier alpha value is -1.96. The number of nitrogens with zero attached hydrogens (tertiary/aromatic N) is 2. The number of nitrogens with one attached hydrogen (secondary N) is 1. The van der Waals surface area contributed by atoms with Crippen molar-refractivity contribution in [2.45, 2.75) is 40.0 Å². The Morgan fingerprint density at radius 3 is 2.82 bits per heavy atom. The third-order valence-corrected chi connectivity index (χ3v) is 3.87. The SMILES string of the molecule is Cc1cc(C)n(C[C@H](C)NC(=O)c2sccc2OC(F)F)n1. The summed E-state index contributed by atoms with van der Waals surface area (Å²) in [5, 5.41) is 8.63. The van der Waals surface area contributed by atoms with E-state index in [0.29, 0.717) is 6.54 Å². The monoisotopic (exact) mass is 329 g/mol. The smallest absolute Gasteiger partial charge is 0.387 e. The predicted molar refractivity (Wildman–Crippen MR) is 79.6 cm³/mol. The van der Waals surface area contributed by atoms with Crippen molar-refractivity contribution in [3.63, 3.8) is 0 Å². The second kappa shape index (κ2) is 6.87. The molecule has 1 N–H and O–H groups in total. The van der Waals surface area contributed by atoms with Crippen LogP contribution in [0.1, 0.15) is 28.0 Å². The molecule has 0 aliphatic rings. The lowest BCUT2D eigenvalue weighted by Gasteiger charge is -2.15. The number of halogens is 2. The molecule has 2 rings (SSSR count). The van der Waals surface area contributed by atoms with Crippen molar-refractivity contribution in [3.8, 4) is 5.75 Å². The number of amides is 1. The minimum absolute atomic E-state index is 0.101.